The van der Waals surface area contributed by atoms with E-state index in [1.165, 1.54) is 6.07 Å². The minimum absolute atomic E-state index is 0.203. The Labute approximate surface area is 161 Å². The predicted molar refractivity (Wildman–Crippen MR) is 97.9 cm³/mol. The maximum atomic E-state index is 12.5. The Hall–Kier alpha value is -1.75. The summed E-state index contributed by atoms with van der Waals surface area (Å²) in [5.41, 5.74) is 0.775. The molecule has 1 amide bonds. The molecular formula is C17H21N3O5S2. The molecule has 4 rings (SSSR count). The molecular weight excluding hydrogens is 390 g/mol. The SMILES string of the molecule is O=C(CNS(=O)(=O)c1cccs1)N1CCc2oc(C3CCOCC3)nc2C1. The van der Waals surface area contributed by atoms with E-state index in [1.54, 1.807) is 16.3 Å². The van der Waals surface area contributed by atoms with Crippen LogP contribution in [0.2, 0.25) is 0 Å². The van der Waals surface area contributed by atoms with Crippen LogP contribution in [0.3, 0.4) is 0 Å². The second-order valence-electron chi connectivity index (χ2n) is 6.63. The number of ether oxygens (including phenoxy) is 1. The zero-order valence-electron chi connectivity index (χ0n) is 14.7. The Morgan fingerprint density at radius 3 is 2.93 bits per heavy atom. The van der Waals surface area contributed by atoms with Gasteiger partial charge in [-0.2, -0.15) is 0 Å². The number of amides is 1. The van der Waals surface area contributed by atoms with Gasteiger partial charge < -0.3 is 14.1 Å². The van der Waals surface area contributed by atoms with Gasteiger partial charge in [0.15, 0.2) is 5.89 Å². The molecule has 146 valence electrons. The number of carbonyl (C=O) groups excluding carboxylic acids is 1. The standard InChI is InChI=1S/C17H21N3O5S2/c21-15(10-18-27(22,23)16-2-1-9-26-16)20-6-3-14-13(11-20)19-17(25-14)12-4-7-24-8-5-12/h1-2,9,12,18H,3-8,10-11H2. The van der Waals surface area contributed by atoms with Crippen LogP contribution in [0.1, 0.15) is 36.1 Å². The van der Waals surface area contributed by atoms with Gasteiger partial charge >= 0.3 is 0 Å². The molecule has 4 heterocycles. The van der Waals surface area contributed by atoms with Gasteiger partial charge in [0, 0.05) is 32.1 Å². The van der Waals surface area contributed by atoms with Crippen molar-refractivity contribution >= 4 is 27.3 Å². The van der Waals surface area contributed by atoms with Crippen molar-refractivity contribution in [1.82, 2.24) is 14.6 Å². The molecule has 8 nitrogen and oxygen atoms in total. The fourth-order valence-corrected chi connectivity index (χ4v) is 5.32. The molecule has 0 unspecified atom stereocenters. The minimum atomic E-state index is -3.65. The van der Waals surface area contributed by atoms with Crippen molar-refractivity contribution in [2.45, 2.75) is 35.9 Å². The van der Waals surface area contributed by atoms with Crippen LogP contribution >= 0.6 is 11.3 Å². The normalized spacial score (nSPS) is 18.4. The van der Waals surface area contributed by atoms with Crippen LogP contribution in [-0.4, -0.2) is 50.5 Å². The summed E-state index contributed by atoms with van der Waals surface area (Å²) in [6, 6.07) is 3.17. The quantitative estimate of drug-likeness (QED) is 0.800. The summed E-state index contributed by atoms with van der Waals surface area (Å²) in [4.78, 5) is 18.7. The van der Waals surface area contributed by atoms with E-state index in [1.807, 2.05) is 0 Å². The average Bonchev–Trinajstić information content (AvgIpc) is 3.36. The highest BCUT2D eigenvalue weighted by atomic mass is 32.2. The second-order valence-corrected chi connectivity index (χ2v) is 9.57. The average molecular weight is 412 g/mol. The fraction of sp³-hybridized carbons (Fsp3) is 0.529. The van der Waals surface area contributed by atoms with E-state index in [9.17, 15) is 13.2 Å². The van der Waals surface area contributed by atoms with Gasteiger partial charge in [-0.1, -0.05) is 6.07 Å². The molecule has 0 aliphatic carbocycles. The molecule has 0 atom stereocenters. The van der Waals surface area contributed by atoms with Crippen LogP contribution in [0.4, 0.5) is 0 Å². The molecule has 0 aromatic carbocycles. The molecule has 10 heteroatoms. The smallest absolute Gasteiger partial charge is 0.250 e. The van der Waals surface area contributed by atoms with E-state index in [4.69, 9.17) is 9.15 Å². The molecule has 0 saturated carbocycles. The summed E-state index contributed by atoms with van der Waals surface area (Å²) in [6.45, 7) is 2.01. The van der Waals surface area contributed by atoms with Gasteiger partial charge in [0.1, 0.15) is 15.7 Å². The highest BCUT2D eigenvalue weighted by Gasteiger charge is 2.29. The lowest BCUT2D eigenvalue weighted by molar-refractivity contribution is -0.130. The van der Waals surface area contributed by atoms with Crippen LogP contribution < -0.4 is 4.72 Å². The lowest BCUT2D eigenvalue weighted by Crippen LogP contribution is -2.42. The number of hydrogen-bond donors (Lipinski definition) is 1. The van der Waals surface area contributed by atoms with E-state index >= 15 is 0 Å². The molecule has 2 aliphatic rings. The molecule has 0 spiro atoms. The van der Waals surface area contributed by atoms with Gasteiger partial charge in [-0.3, -0.25) is 4.79 Å². The van der Waals surface area contributed by atoms with Crippen molar-refractivity contribution < 1.29 is 22.4 Å². The first-order chi connectivity index (χ1) is 13.0. The summed E-state index contributed by atoms with van der Waals surface area (Å²) in [7, 11) is -3.65. The maximum Gasteiger partial charge on any atom is 0.250 e. The van der Waals surface area contributed by atoms with Gasteiger partial charge in [0.25, 0.3) is 10.0 Å². The highest BCUT2D eigenvalue weighted by molar-refractivity contribution is 7.91. The number of fused-ring (bicyclic) bond motifs is 1. The van der Waals surface area contributed by atoms with Gasteiger partial charge in [-0.05, 0) is 24.3 Å². The van der Waals surface area contributed by atoms with Crippen LogP contribution in [0.25, 0.3) is 0 Å². The fourth-order valence-electron chi connectivity index (χ4n) is 3.31. The summed E-state index contributed by atoms with van der Waals surface area (Å²) < 4.78 is 38.2. The number of sulfonamides is 1. The Morgan fingerprint density at radius 2 is 2.19 bits per heavy atom. The summed E-state index contributed by atoms with van der Waals surface area (Å²) in [5, 5.41) is 1.68. The molecule has 2 aromatic heterocycles. The largest absolute Gasteiger partial charge is 0.445 e. The van der Waals surface area contributed by atoms with E-state index < -0.39 is 10.0 Å². The third-order valence-electron chi connectivity index (χ3n) is 4.84. The first-order valence-electron chi connectivity index (χ1n) is 8.90. The summed E-state index contributed by atoms with van der Waals surface area (Å²) in [5.74, 6) is 1.57. The third-order valence-corrected chi connectivity index (χ3v) is 7.64. The first kappa shape index (κ1) is 18.6. The maximum absolute atomic E-state index is 12.5. The first-order valence-corrected chi connectivity index (χ1v) is 11.3. The number of nitrogens with zero attached hydrogens (tertiary/aromatic N) is 2. The number of nitrogens with one attached hydrogen (secondary N) is 1. The lowest BCUT2D eigenvalue weighted by atomic mass is 10.0. The van der Waals surface area contributed by atoms with Gasteiger partial charge in [0.05, 0.1) is 13.1 Å². The zero-order valence-corrected chi connectivity index (χ0v) is 16.4. The molecule has 2 aromatic rings. The highest BCUT2D eigenvalue weighted by Crippen LogP contribution is 2.30. The molecule has 1 N–H and O–H groups in total. The Morgan fingerprint density at radius 1 is 1.37 bits per heavy atom. The van der Waals surface area contributed by atoms with E-state index in [2.05, 4.69) is 9.71 Å². The van der Waals surface area contributed by atoms with E-state index in [0.29, 0.717) is 32.7 Å². The summed E-state index contributed by atoms with van der Waals surface area (Å²) >= 11 is 1.12. The number of carbonyl (C=O) groups is 1. The number of rotatable bonds is 5. The van der Waals surface area contributed by atoms with Crippen molar-refractivity contribution in [2.75, 3.05) is 26.3 Å². The molecule has 2 aliphatic heterocycles. The van der Waals surface area contributed by atoms with Crippen molar-refractivity contribution in [1.29, 1.82) is 0 Å². The summed E-state index contributed by atoms with van der Waals surface area (Å²) in [6.07, 6.45) is 2.38. The number of oxazole rings is 1. The minimum Gasteiger partial charge on any atom is -0.445 e. The van der Waals surface area contributed by atoms with Crippen LogP contribution in [0, 0.1) is 0 Å². The lowest BCUT2D eigenvalue weighted by Gasteiger charge is -2.25. The molecule has 0 bridgehead atoms. The zero-order chi connectivity index (χ0) is 18.9. The van der Waals surface area contributed by atoms with E-state index in [-0.39, 0.29) is 22.6 Å². The monoisotopic (exact) mass is 411 g/mol. The molecule has 1 saturated heterocycles. The van der Waals surface area contributed by atoms with Crippen molar-refractivity contribution in [3.8, 4) is 0 Å². The van der Waals surface area contributed by atoms with Crippen LogP contribution in [-0.2, 0) is 32.5 Å². The van der Waals surface area contributed by atoms with Gasteiger partial charge in [-0.25, -0.2) is 18.1 Å². The number of hydrogen-bond acceptors (Lipinski definition) is 7. The topological polar surface area (TPSA) is 102 Å². The van der Waals surface area contributed by atoms with Crippen LogP contribution in [0.15, 0.2) is 26.1 Å². The van der Waals surface area contributed by atoms with E-state index in [0.717, 1.165) is 41.5 Å². The Balaban J connectivity index is 1.37. The van der Waals surface area contributed by atoms with Gasteiger partial charge in [0.2, 0.25) is 5.91 Å². The van der Waals surface area contributed by atoms with Gasteiger partial charge in [-0.15, -0.1) is 11.3 Å². The molecule has 1 fully saturated rings. The Bertz CT molecular complexity index is 901. The molecule has 0 radical (unpaired) electrons. The third kappa shape index (κ3) is 4.08. The molecule has 27 heavy (non-hydrogen) atoms. The second kappa shape index (κ2) is 7.70. The number of aromatic nitrogens is 1. The van der Waals surface area contributed by atoms with Crippen molar-refractivity contribution in [2.24, 2.45) is 0 Å². The van der Waals surface area contributed by atoms with Crippen molar-refractivity contribution in [3.05, 3.63) is 34.9 Å². The Kier molecular flexibility index (Phi) is 5.31. The number of thiophene rings is 1. The van der Waals surface area contributed by atoms with Crippen molar-refractivity contribution in [3.63, 3.8) is 0 Å². The van der Waals surface area contributed by atoms with Crippen LogP contribution in [0.5, 0.6) is 0 Å². The predicted octanol–water partition coefficient (Wildman–Crippen LogP) is 1.49.